The number of amides is 1. The average molecular weight is 337 g/mol. The van der Waals surface area contributed by atoms with Crippen molar-refractivity contribution in [3.63, 3.8) is 0 Å². The van der Waals surface area contributed by atoms with Gasteiger partial charge in [-0.2, -0.15) is 0 Å². The SMILES string of the molecule is CCc1ccc(NC(=O)Cc2sc(-c3cccnc3)nc2C)cc1. The zero-order valence-electron chi connectivity index (χ0n) is 13.7. The van der Waals surface area contributed by atoms with Crippen LogP contribution in [0.3, 0.4) is 0 Å². The number of thiazole rings is 1. The lowest BCUT2D eigenvalue weighted by molar-refractivity contribution is -0.115. The van der Waals surface area contributed by atoms with Crippen molar-refractivity contribution in [3.05, 3.63) is 64.9 Å². The zero-order chi connectivity index (χ0) is 16.9. The number of aryl methyl sites for hydroxylation is 2. The Balaban J connectivity index is 1.69. The number of nitrogens with zero attached hydrogens (tertiary/aromatic N) is 2. The molecule has 2 aromatic heterocycles. The molecule has 0 bridgehead atoms. The molecule has 1 N–H and O–H groups in total. The minimum atomic E-state index is -0.0243. The first kappa shape index (κ1) is 16.3. The molecule has 1 amide bonds. The summed E-state index contributed by atoms with van der Waals surface area (Å²) >= 11 is 1.55. The molecule has 0 saturated heterocycles. The quantitative estimate of drug-likeness (QED) is 0.757. The second kappa shape index (κ2) is 7.36. The monoisotopic (exact) mass is 337 g/mol. The number of anilines is 1. The van der Waals surface area contributed by atoms with Crippen LogP contribution in [-0.2, 0) is 17.6 Å². The van der Waals surface area contributed by atoms with Crippen molar-refractivity contribution >= 4 is 22.9 Å². The van der Waals surface area contributed by atoms with Crippen LogP contribution < -0.4 is 5.32 Å². The van der Waals surface area contributed by atoms with E-state index in [0.29, 0.717) is 6.42 Å². The van der Waals surface area contributed by atoms with Crippen LogP contribution in [0.4, 0.5) is 5.69 Å². The summed E-state index contributed by atoms with van der Waals surface area (Å²) in [5.74, 6) is -0.0243. The second-order valence-electron chi connectivity index (χ2n) is 5.54. The van der Waals surface area contributed by atoms with E-state index in [-0.39, 0.29) is 5.91 Å². The van der Waals surface area contributed by atoms with Crippen molar-refractivity contribution in [3.8, 4) is 10.6 Å². The molecule has 0 atom stereocenters. The fourth-order valence-corrected chi connectivity index (χ4v) is 3.43. The highest BCUT2D eigenvalue weighted by Gasteiger charge is 2.13. The molecular weight excluding hydrogens is 318 g/mol. The summed E-state index contributed by atoms with van der Waals surface area (Å²) in [5.41, 5.74) is 3.96. The first-order valence-corrected chi connectivity index (χ1v) is 8.73. The highest BCUT2D eigenvalue weighted by atomic mass is 32.1. The summed E-state index contributed by atoms with van der Waals surface area (Å²) < 4.78 is 0. The molecule has 0 unspecified atom stereocenters. The van der Waals surface area contributed by atoms with E-state index in [1.807, 2.05) is 43.3 Å². The third-order valence-corrected chi connectivity index (χ3v) is 4.97. The van der Waals surface area contributed by atoms with Gasteiger partial charge in [-0.15, -0.1) is 11.3 Å². The lowest BCUT2D eigenvalue weighted by atomic mass is 10.1. The van der Waals surface area contributed by atoms with Crippen LogP contribution in [0.25, 0.3) is 10.6 Å². The molecule has 0 aliphatic carbocycles. The van der Waals surface area contributed by atoms with Crippen molar-refractivity contribution in [1.82, 2.24) is 9.97 Å². The molecule has 5 heteroatoms. The van der Waals surface area contributed by atoms with Crippen molar-refractivity contribution in [2.75, 3.05) is 5.32 Å². The molecule has 122 valence electrons. The van der Waals surface area contributed by atoms with Crippen molar-refractivity contribution in [2.24, 2.45) is 0 Å². The van der Waals surface area contributed by atoms with E-state index in [1.165, 1.54) is 5.56 Å². The van der Waals surface area contributed by atoms with Gasteiger partial charge in [0.15, 0.2) is 0 Å². The van der Waals surface area contributed by atoms with Gasteiger partial charge >= 0.3 is 0 Å². The number of benzene rings is 1. The molecular formula is C19H19N3OS. The number of hydrogen-bond acceptors (Lipinski definition) is 4. The van der Waals surface area contributed by atoms with E-state index in [9.17, 15) is 4.79 Å². The van der Waals surface area contributed by atoms with Gasteiger partial charge in [0.1, 0.15) is 5.01 Å². The van der Waals surface area contributed by atoms with Crippen molar-refractivity contribution in [2.45, 2.75) is 26.7 Å². The van der Waals surface area contributed by atoms with Gasteiger partial charge in [0.05, 0.1) is 12.1 Å². The summed E-state index contributed by atoms with van der Waals surface area (Å²) in [6.07, 6.45) is 4.85. The summed E-state index contributed by atoms with van der Waals surface area (Å²) in [4.78, 5) is 22.0. The third kappa shape index (κ3) is 3.86. The number of hydrogen-bond donors (Lipinski definition) is 1. The lowest BCUT2D eigenvalue weighted by Gasteiger charge is -2.05. The van der Waals surface area contributed by atoms with E-state index >= 15 is 0 Å². The summed E-state index contributed by atoms with van der Waals surface area (Å²) in [6.45, 7) is 4.05. The number of carbonyl (C=O) groups is 1. The normalized spacial score (nSPS) is 10.6. The Morgan fingerprint density at radius 3 is 2.67 bits per heavy atom. The molecule has 0 saturated carbocycles. The highest BCUT2D eigenvalue weighted by molar-refractivity contribution is 7.15. The third-order valence-electron chi connectivity index (χ3n) is 3.77. The van der Waals surface area contributed by atoms with E-state index in [0.717, 1.165) is 33.3 Å². The fraction of sp³-hybridized carbons (Fsp3) is 0.211. The van der Waals surface area contributed by atoms with E-state index in [1.54, 1.807) is 23.7 Å². The first-order chi connectivity index (χ1) is 11.7. The molecule has 0 spiro atoms. The maximum absolute atomic E-state index is 12.3. The predicted molar refractivity (Wildman–Crippen MR) is 98.2 cm³/mol. The van der Waals surface area contributed by atoms with Gasteiger partial charge in [-0.1, -0.05) is 19.1 Å². The largest absolute Gasteiger partial charge is 0.326 e. The maximum Gasteiger partial charge on any atom is 0.229 e. The molecule has 2 heterocycles. The Bertz CT molecular complexity index is 826. The average Bonchev–Trinajstić information content (AvgIpc) is 2.97. The molecule has 0 radical (unpaired) electrons. The first-order valence-electron chi connectivity index (χ1n) is 7.91. The van der Waals surface area contributed by atoms with Gasteiger partial charge in [0, 0.05) is 28.5 Å². The van der Waals surface area contributed by atoms with Crippen LogP contribution in [0.2, 0.25) is 0 Å². The van der Waals surface area contributed by atoms with Gasteiger partial charge in [-0.25, -0.2) is 4.98 Å². The lowest BCUT2D eigenvalue weighted by Crippen LogP contribution is -2.14. The Morgan fingerprint density at radius 1 is 1.21 bits per heavy atom. The Morgan fingerprint density at radius 2 is 2.00 bits per heavy atom. The van der Waals surface area contributed by atoms with E-state index < -0.39 is 0 Å². The molecule has 0 aliphatic heterocycles. The van der Waals surface area contributed by atoms with Crippen molar-refractivity contribution < 1.29 is 4.79 Å². The smallest absolute Gasteiger partial charge is 0.229 e. The molecule has 4 nitrogen and oxygen atoms in total. The fourth-order valence-electron chi connectivity index (χ4n) is 2.38. The standard InChI is InChI=1S/C19H19N3OS/c1-3-14-6-8-16(9-7-14)22-18(23)11-17-13(2)21-19(24-17)15-5-4-10-20-12-15/h4-10,12H,3,11H2,1-2H3,(H,22,23). The second-order valence-corrected chi connectivity index (χ2v) is 6.63. The molecule has 0 fully saturated rings. The van der Waals surface area contributed by atoms with Crippen LogP contribution in [0.15, 0.2) is 48.8 Å². The van der Waals surface area contributed by atoms with Crippen LogP contribution in [-0.4, -0.2) is 15.9 Å². The topological polar surface area (TPSA) is 54.9 Å². The predicted octanol–water partition coefficient (Wildman–Crippen LogP) is 4.26. The maximum atomic E-state index is 12.3. The summed E-state index contributed by atoms with van der Waals surface area (Å²) in [6, 6.07) is 11.8. The van der Waals surface area contributed by atoms with Crippen molar-refractivity contribution in [1.29, 1.82) is 0 Å². The van der Waals surface area contributed by atoms with Crippen LogP contribution in [0, 0.1) is 6.92 Å². The van der Waals surface area contributed by atoms with E-state index in [4.69, 9.17) is 0 Å². The summed E-state index contributed by atoms with van der Waals surface area (Å²) in [7, 11) is 0. The number of carbonyl (C=O) groups excluding carboxylic acids is 1. The highest BCUT2D eigenvalue weighted by Crippen LogP contribution is 2.27. The molecule has 0 aliphatic rings. The summed E-state index contributed by atoms with van der Waals surface area (Å²) in [5, 5.41) is 3.84. The van der Waals surface area contributed by atoms with Gasteiger partial charge in [-0.3, -0.25) is 9.78 Å². The zero-order valence-corrected chi connectivity index (χ0v) is 14.6. The molecule has 24 heavy (non-hydrogen) atoms. The van der Waals surface area contributed by atoms with Gasteiger partial charge in [0.2, 0.25) is 5.91 Å². The van der Waals surface area contributed by atoms with E-state index in [2.05, 4.69) is 22.2 Å². The minimum absolute atomic E-state index is 0.0243. The number of pyridine rings is 1. The van der Waals surface area contributed by atoms with Crippen LogP contribution >= 0.6 is 11.3 Å². The Labute approximate surface area is 145 Å². The Kier molecular flexibility index (Phi) is 5.01. The van der Waals surface area contributed by atoms with Crippen LogP contribution in [0.5, 0.6) is 0 Å². The number of aromatic nitrogens is 2. The van der Waals surface area contributed by atoms with Crippen LogP contribution in [0.1, 0.15) is 23.1 Å². The molecule has 1 aromatic carbocycles. The molecule has 3 aromatic rings. The Hall–Kier alpha value is -2.53. The van der Waals surface area contributed by atoms with Gasteiger partial charge < -0.3 is 5.32 Å². The molecule has 3 rings (SSSR count). The minimum Gasteiger partial charge on any atom is -0.326 e. The number of rotatable bonds is 5. The number of nitrogens with one attached hydrogen (secondary N) is 1. The van der Waals surface area contributed by atoms with Gasteiger partial charge in [-0.05, 0) is 43.2 Å². The van der Waals surface area contributed by atoms with Gasteiger partial charge in [0.25, 0.3) is 0 Å².